The van der Waals surface area contributed by atoms with Gasteiger partial charge in [-0.1, -0.05) is 12.1 Å². The molecule has 1 atom stereocenters. The van der Waals surface area contributed by atoms with Crippen LogP contribution in [0.1, 0.15) is 42.8 Å². The Morgan fingerprint density at radius 3 is 2.70 bits per heavy atom. The second kappa shape index (κ2) is 9.44. The molecule has 1 saturated carbocycles. The van der Waals surface area contributed by atoms with Crippen LogP contribution in [0, 0.1) is 11.7 Å². The Balaban J connectivity index is 1.39. The molecular weight excluding hydrogens is 451 g/mol. The smallest absolute Gasteiger partial charge is 0.324 e. The van der Waals surface area contributed by atoms with Gasteiger partial charge in [-0.15, -0.1) is 0 Å². The van der Waals surface area contributed by atoms with Gasteiger partial charge in [0.05, 0.1) is 24.5 Å². The number of nitrogens with one attached hydrogen (secondary N) is 2. The fourth-order valence-corrected chi connectivity index (χ4v) is 4.78. The molecule has 1 aliphatic heterocycles. The zero-order valence-electron chi connectivity index (χ0n) is 18.1. The van der Waals surface area contributed by atoms with Crippen LogP contribution in [0.15, 0.2) is 36.4 Å². The second-order valence-corrected chi connectivity index (χ2v) is 10.1. The van der Waals surface area contributed by atoms with Crippen molar-refractivity contribution in [3.05, 3.63) is 59.2 Å². The minimum Gasteiger partial charge on any atom is -0.490 e. The third-order valence-corrected chi connectivity index (χ3v) is 6.79. The first-order valence-electron chi connectivity index (χ1n) is 10.6. The van der Waals surface area contributed by atoms with Crippen LogP contribution in [0.2, 0.25) is 0 Å². The highest BCUT2D eigenvalue weighted by Crippen LogP contribution is 2.31. The first kappa shape index (κ1) is 23.1. The van der Waals surface area contributed by atoms with Crippen molar-refractivity contribution in [2.45, 2.75) is 38.1 Å². The Kier molecular flexibility index (Phi) is 6.61. The topological polar surface area (TPSA) is 118 Å². The number of nitrogens with zero attached hydrogens (tertiary/aromatic N) is 2. The number of urea groups is 1. The van der Waals surface area contributed by atoms with E-state index in [0.717, 1.165) is 12.8 Å². The van der Waals surface area contributed by atoms with Gasteiger partial charge >= 0.3 is 6.03 Å². The molecule has 1 aliphatic carbocycles. The van der Waals surface area contributed by atoms with Gasteiger partial charge in [-0.25, -0.2) is 22.3 Å². The van der Waals surface area contributed by atoms with E-state index in [0.29, 0.717) is 29.5 Å². The molecule has 2 heterocycles. The van der Waals surface area contributed by atoms with Gasteiger partial charge in [-0.2, -0.15) is 0 Å². The lowest BCUT2D eigenvalue weighted by molar-refractivity contribution is -0.118. The molecule has 2 aliphatic rings. The highest BCUT2D eigenvalue weighted by molar-refractivity contribution is 7.88. The maximum Gasteiger partial charge on any atom is 0.324 e. The number of carbonyl (C=O) groups is 2. The number of rotatable bonds is 10. The average Bonchev–Trinajstić information content (AvgIpc) is 3.51. The Hall–Kier alpha value is -3.05. The van der Waals surface area contributed by atoms with E-state index >= 15 is 0 Å². The van der Waals surface area contributed by atoms with Crippen LogP contribution in [0.25, 0.3) is 0 Å². The predicted octanol–water partition coefficient (Wildman–Crippen LogP) is 2.24. The number of sulfonamides is 1. The predicted molar refractivity (Wildman–Crippen MR) is 117 cm³/mol. The van der Waals surface area contributed by atoms with Gasteiger partial charge in [0.2, 0.25) is 15.9 Å². The minimum absolute atomic E-state index is 0.0634. The second-order valence-electron chi connectivity index (χ2n) is 8.37. The molecule has 0 bridgehead atoms. The first-order chi connectivity index (χ1) is 15.7. The lowest BCUT2D eigenvalue weighted by Crippen LogP contribution is -2.29. The van der Waals surface area contributed by atoms with Gasteiger partial charge < -0.3 is 9.64 Å². The molecule has 176 valence electrons. The highest BCUT2D eigenvalue weighted by atomic mass is 32.2. The van der Waals surface area contributed by atoms with E-state index in [2.05, 4.69) is 15.0 Å². The SMILES string of the molecule is C[C@@H](NS(=O)(=O)Cc1cccc(CN2CC(=O)NC2=O)n1)c1ccc(F)c(OCC2CC2)c1. The molecule has 1 aromatic heterocycles. The van der Waals surface area contributed by atoms with E-state index in [-0.39, 0.29) is 30.5 Å². The molecule has 0 spiro atoms. The summed E-state index contributed by atoms with van der Waals surface area (Å²) in [4.78, 5) is 28.6. The van der Waals surface area contributed by atoms with Crippen LogP contribution in [-0.2, 0) is 27.1 Å². The summed E-state index contributed by atoms with van der Waals surface area (Å²) in [5.41, 5.74) is 1.35. The van der Waals surface area contributed by atoms with Crippen molar-refractivity contribution in [3.63, 3.8) is 0 Å². The summed E-state index contributed by atoms with van der Waals surface area (Å²) in [5, 5.41) is 2.18. The molecule has 1 saturated heterocycles. The van der Waals surface area contributed by atoms with Gasteiger partial charge in [0.25, 0.3) is 0 Å². The molecule has 1 aromatic carbocycles. The van der Waals surface area contributed by atoms with Crippen LogP contribution in [-0.4, -0.2) is 43.4 Å². The summed E-state index contributed by atoms with van der Waals surface area (Å²) in [6, 6.07) is 8.08. The van der Waals surface area contributed by atoms with E-state index in [1.54, 1.807) is 25.1 Å². The summed E-state index contributed by atoms with van der Waals surface area (Å²) in [6.07, 6.45) is 2.16. The maximum atomic E-state index is 14.0. The van der Waals surface area contributed by atoms with Gasteiger partial charge in [-0.05, 0) is 55.5 Å². The average molecular weight is 477 g/mol. The Morgan fingerprint density at radius 2 is 2.00 bits per heavy atom. The molecule has 0 unspecified atom stereocenters. The fourth-order valence-electron chi connectivity index (χ4n) is 3.47. The normalized spacial score (nSPS) is 17.2. The monoisotopic (exact) mass is 476 g/mol. The van der Waals surface area contributed by atoms with Crippen molar-refractivity contribution < 1.29 is 27.1 Å². The Morgan fingerprint density at radius 1 is 1.24 bits per heavy atom. The summed E-state index contributed by atoms with van der Waals surface area (Å²) >= 11 is 0. The zero-order chi connectivity index (χ0) is 23.6. The molecule has 33 heavy (non-hydrogen) atoms. The van der Waals surface area contributed by atoms with E-state index in [4.69, 9.17) is 4.74 Å². The number of benzene rings is 1. The molecular formula is C22H25FN4O5S. The van der Waals surface area contributed by atoms with Crippen molar-refractivity contribution in [3.8, 4) is 5.75 Å². The van der Waals surface area contributed by atoms with Crippen molar-refractivity contribution in [1.29, 1.82) is 0 Å². The highest BCUT2D eigenvalue weighted by Gasteiger charge is 2.27. The third kappa shape index (κ3) is 6.26. The number of carbonyl (C=O) groups excluding carboxylic acids is 2. The van der Waals surface area contributed by atoms with Crippen molar-refractivity contribution in [2.24, 2.45) is 5.92 Å². The minimum atomic E-state index is -3.78. The molecule has 2 N–H and O–H groups in total. The molecule has 3 amide bonds. The third-order valence-electron chi connectivity index (χ3n) is 5.41. The molecule has 2 aromatic rings. The van der Waals surface area contributed by atoms with E-state index in [1.165, 1.54) is 23.1 Å². The Bertz CT molecular complexity index is 1170. The summed E-state index contributed by atoms with van der Waals surface area (Å²) in [6.45, 7) is 2.15. The van der Waals surface area contributed by atoms with E-state index in [1.807, 2.05) is 0 Å². The number of halogens is 1. The summed E-state index contributed by atoms with van der Waals surface area (Å²) < 4.78 is 47.6. The van der Waals surface area contributed by atoms with Crippen molar-refractivity contribution in [1.82, 2.24) is 19.9 Å². The van der Waals surface area contributed by atoms with Gasteiger partial charge in [0.1, 0.15) is 12.3 Å². The number of ether oxygens (including phenoxy) is 1. The first-order valence-corrected chi connectivity index (χ1v) is 12.3. The lowest BCUT2D eigenvalue weighted by atomic mass is 10.1. The summed E-state index contributed by atoms with van der Waals surface area (Å²) in [5.74, 6) is -0.665. The number of amides is 3. The van der Waals surface area contributed by atoms with Crippen LogP contribution in [0.4, 0.5) is 9.18 Å². The van der Waals surface area contributed by atoms with E-state index < -0.39 is 27.9 Å². The lowest BCUT2D eigenvalue weighted by Gasteiger charge is -2.17. The van der Waals surface area contributed by atoms with Crippen molar-refractivity contribution in [2.75, 3.05) is 13.2 Å². The molecule has 4 rings (SSSR count). The largest absolute Gasteiger partial charge is 0.490 e. The van der Waals surface area contributed by atoms with Gasteiger partial charge in [0, 0.05) is 6.04 Å². The maximum absolute atomic E-state index is 14.0. The number of aromatic nitrogens is 1. The molecule has 9 nitrogen and oxygen atoms in total. The standard InChI is InChI=1S/C22H25FN4O5S/c1-14(16-7-8-19(23)20(9-16)32-12-15-5-6-15)26-33(30,31)13-18-4-2-3-17(24-18)10-27-11-21(28)25-22(27)29/h2-4,7-9,14-15,26H,5-6,10-13H2,1H3,(H,25,28,29)/t14-/m1/s1. The number of hydrogen-bond donors (Lipinski definition) is 2. The van der Waals surface area contributed by atoms with Crippen molar-refractivity contribution >= 4 is 22.0 Å². The summed E-state index contributed by atoms with van der Waals surface area (Å²) in [7, 11) is -3.78. The number of pyridine rings is 1. The van der Waals surface area contributed by atoms with Crippen LogP contribution < -0.4 is 14.8 Å². The van der Waals surface area contributed by atoms with E-state index in [9.17, 15) is 22.4 Å². The van der Waals surface area contributed by atoms with Crippen LogP contribution in [0.5, 0.6) is 5.75 Å². The quantitative estimate of drug-likeness (QED) is 0.508. The molecule has 11 heteroatoms. The Labute approximate surface area is 191 Å². The zero-order valence-corrected chi connectivity index (χ0v) is 18.9. The van der Waals surface area contributed by atoms with Gasteiger partial charge in [-0.3, -0.25) is 15.1 Å². The fraction of sp³-hybridized carbons (Fsp3) is 0.409. The van der Waals surface area contributed by atoms with Crippen LogP contribution >= 0.6 is 0 Å². The molecule has 0 radical (unpaired) electrons. The van der Waals surface area contributed by atoms with Gasteiger partial charge in [0.15, 0.2) is 11.6 Å². The molecule has 2 fully saturated rings. The number of hydrogen-bond acceptors (Lipinski definition) is 6. The van der Waals surface area contributed by atoms with Crippen LogP contribution in [0.3, 0.4) is 0 Å². The number of imide groups is 1.